The van der Waals surface area contributed by atoms with Crippen LogP contribution in [0.25, 0.3) is 11.2 Å². The van der Waals surface area contributed by atoms with E-state index in [4.69, 9.17) is 29.7 Å². The first-order valence-corrected chi connectivity index (χ1v) is 10.1. The molecule has 1 aliphatic heterocycles. The van der Waals surface area contributed by atoms with Crippen molar-refractivity contribution < 1.29 is 33.1 Å². The molecule has 1 aliphatic rings. The van der Waals surface area contributed by atoms with Crippen molar-refractivity contribution in [1.29, 1.82) is 0 Å². The Balaban J connectivity index is 1.92. The van der Waals surface area contributed by atoms with Crippen LogP contribution in [0.15, 0.2) is 12.7 Å². The van der Waals surface area contributed by atoms with Crippen LogP contribution < -0.4 is 5.73 Å². The van der Waals surface area contributed by atoms with Gasteiger partial charge < -0.3 is 29.7 Å². The standard InChI is InChI=1S/C15H24N5O7P/c1-8(5-25-28(21,22)23)10-11(27-15(2,3)26-10)14(24-4)20-7-19-9-12(16)17-6-18-13(9)20/h6-8,10-11,14H,5H2,1-4H3,(H2,16,17,18)(H2,21,22,23)/t8-,10?,11?,14-/m1/s1. The molecule has 12 nitrogen and oxygen atoms in total. The topological polar surface area (TPSA) is 164 Å². The maximum absolute atomic E-state index is 11.1. The molecule has 1 fully saturated rings. The average Bonchev–Trinajstić information content (AvgIpc) is 3.15. The summed E-state index contributed by atoms with van der Waals surface area (Å²) in [5.74, 6) is -1.11. The Morgan fingerprint density at radius 3 is 2.64 bits per heavy atom. The number of phosphoric acid groups is 1. The summed E-state index contributed by atoms with van der Waals surface area (Å²) in [4.78, 5) is 30.3. The van der Waals surface area contributed by atoms with Crippen LogP contribution in [-0.2, 0) is 23.3 Å². The zero-order valence-electron chi connectivity index (χ0n) is 15.9. The van der Waals surface area contributed by atoms with E-state index < -0.39 is 38.0 Å². The molecule has 4 N–H and O–H groups in total. The zero-order chi connectivity index (χ0) is 20.7. The molecule has 2 aromatic heterocycles. The van der Waals surface area contributed by atoms with E-state index in [0.717, 1.165) is 0 Å². The van der Waals surface area contributed by atoms with Crippen LogP contribution in [-0.4, -0.2) is 61.0 Å². The second-order valence-electron chi connectivity index (χ2n) is 7.04. The molecule has 0 aliphatic carbocycles. The summed E-state index contributed by atoms with van der Waals surface area (Å²) in [6, 6.07) is 0. The Labute approximate surface area is 161 Å². The van der Waals surface area contributed by atoms with Gasteiger partial charge >= 0.3 is 7.82 Å². The molecule has 2 aromatic rings. The fraction of sp³-hybridized carbons (Fsp3) is 0.667. The smallest absolute Gasteiger partial charge is 0.382 e. The average molecular weight is 417 g/mol. The third-order valence-electron chi connectivity index (χ3n) is 4.41. The van der Waals surface area contributed by atoms with E-state index in [1.165, 1.54) is 19.8 Å². The number of imidazole rings is 1. The summed E-state index contributed by atoms with van der Waals surface area (Å²) in [5.41, 5.74) is 6.74. The van der Waals surface area contributed by atoms with Crippen LogP contribution in [0, 0.1) is 5.92 Å². The number of ether oxygens (including phenoxy) is 3. The van der Waals surface area contributed by atoms with Crippen LogP contribution in [0.2, 0.25) is 0 Å². The minimum absolute atomic E-state index is 0.221. The number of phosphoric ester groups is 1. The lowest BCUT2D eigenvalue weighted by Crippen LogP contribution is -2.39. The summed E-state index contributed by atoms with van der Waals surface area (Å²) < 4.78 is 35.1. The maximum Gasteiger partial charge on any atom is 0.469 e. The summed E-state index contributed by atoms with van der Waals surface area (Å²) in [6.45, 7) is 5.02. The lowest BCUT2D eigenvalue weighted by molar-refractivity contribution is -0.165. The van der Waals surface area contributed by atoms with Crippen molar-refractivity contribution >= 4 is 24.8 Å². The van der Waals surface area contributed by atoms with E-state index in [2.05, 4.69) is 19.5 Å². The highest BCUT2D eigenvalue weighted by atomic mass is 31.2. The molecule has 2 unspecified atom stereocenters. The molecule has 0 aromatic carbocycles. The largest absolute Gasteiger partial charge is 0.469 e. The minimum atomic E-state index is -4.60. The molecule has 13 heteroatoms. The second kappa shape index (κ2) is 7.64. The highest BCUT2D eigenvalue weighted by Crippen LogP contribution is 2.41. The van der Waals surface area contributed by atoms with Crippen LogP contribution in [0.5, 0.6) is 0 Å². The lowest BCUT2D eigenvalue weighted by atomic mass is 9.99. The number of nitrogen functional groups attached to an aromatic ring is 1. The van der Waals surface area contributed by atoms with Crippen LogP contribution in [0.1, 0.15) is 27.0 Å². The number of hydrogen-bond acceptors (Lipinski definition) is 9. The van der Waals surface area contributed by atoms with E-state index in [0.29, 0.717) is 11.2 Å². The number of nitrogens with zero attached hydrogens (tertiary/aromatic N) is 4. The first-order valence-electron chi connectivity index (χ1n) is 8.54. The number of anilines is 1. The molecule has 4 atom stereocenters. The highest BCUT2D eigenvalue weighted by molar-refractivity contribution is 7.46. The third-order valence-corrected chi connectivity index (χ3v) is 4.90. The fourth-order valence-corrected chi connectivity index (χ4v) is 3.68. The number of hydrogen-bond donors (Lipinski definition) is 3. The molecule has 0 amide bonds. The van der Waals surface area contributed by atoms with Crippen molar-refractivity contribution in [2.45, 2.75) is 45.0 Å². The van der Waals surface area contributed by atoms with Gasteiger partial charge in [0.15, 0.2) is 23.5 Å². The summed E-state index contributed by atoms with van der Waals surface area (Å²) in [5, 5.41) is 0. The van der Waals surface area contributed by atoms with Crippen molar-refractivity contribution in [3.8, 4) is 0 Å². The molecule has 156 valence electrons. The van der Waals surface area contributed by atoms with E-state index in [1.807, 2.05) is 0 Å². The molecule has 28 heavy (non-hydrogen) atoms. The summed E-state index contributed by atoms with van der Waals surface area (Å²) in [6.07, 6.45) is 0.939. The number of aromatic nitrogens is 4. The van der Waals surface area contributed by atoms with Gasteiger partial charge in [-0.1, -0.05) is 6.92 Å². The quantitative estimate of drug-likeness (QED) is 0.546. The molecule has 3 heterocycles. The number of fused-ring (bicyclic) bond motifs is 1. The Bertz CT molecular complexity index is 885. The summed E-state index contributed by atoms with van der Waals surface area (Å²) >= 11 is 0. The van der Waals surface area contributed by atoms with E-state index in [9.17, 15) is 4.57 Å². The van der Waals surface area contributed by atoms with Gasteiger partial charge in [0, 0.05) is 13.0 Å². The van der Waals surface area contributed by atoms with E-state index in [1.54, 1.807) is 25.3 Å². The van der Waals surface area contributed by atoms with Gasteiger partial charge in [0.05, 0.1) is 19.0 Å². The monoisotopic (exact) mass is 417 g/mol. The molecule has 0 bridgehead atoms. The van der Waals surface area contributed by atoms with Crippen molar-refractivity contribution in [3.63, 3.8) is 0 Å². The van der Waals surface area contributed by atoms with Gasteiger partial charge in [0.25, 0.3) is 0 Å². The molecule has 0 radical (unpaired) electrons. The van der Waals surface area contributed by atoms with Gasteiger partial charge in [-0.3, -0.25) is 9.09 Å². The highest BCUT2D eigenvalue weighted by Gasteiger charge is 2.49. The SMILES string of the molecule is CO[C@H](C1OC(C)(C)OC1[C@H](C)COP(=O)(O)O)n1cnc2c(N)ncnc21. The van der Waals surface area contributed by atoms with Crippen molar-refractivity contribution in [3.05, 3.63) is 12.7 Å². The van der Waals surface area contributed by atoms with Crippen molar-refractivity contribution in [2.24, 2.45) is 5.92 Å². The van der Waals surface area contributed by atoms with Gasteiger partial charge in [0.1, 0.15) is 17.9 Å². The maximum atomic E-state index is 11.1. The number of methoxy groups -OCH3 is 1. The van der Waals surface area contributed by atoms with Gasteiger partial charge in [0.2, 0.25) is 0 Å². The number of nitrogens with two attached hydrogens (primary N) is 1. The molecular weight excluding hydrogens is 393 g/mol. The molecule has 1 saturated heterocycles. The zero-order valence-corrected chi connectivity index (χ0v) is 16.8. The Hall–Kier alpha value is -1.66. The predicted octanol–water partition coefficient (Wildman–Crippen LogP) is 0.819. The molecule has 3 rings (SSSR count). The van der Waals surface area contributed by atoms with Gasteiger partial charge in [-0.25, -0.2) is 19.5 Å². The Morgan fingerprint density at radius 1 is 1.32 bits per heavy atom. The van der Waals surface area contributed by atoms with E-state index >= 15 is 0 Å². The molecular formula is C15H24N5O7P. The summed E-state index contributed by atoms with van der Waals surface area (Å²) in [7, 11) is -3.10. The fourth-order valence-electron chi connectivity index (χ4n) is 3.25. The van der Waals surface area contributed by atoms with Crippen LogP contribution >= 0.6 is 7.82 Å². The van der Waals surface area contributed by atoms with Crippen molar-refractivity contribution in [1.82, 2.24) is 19.5 Å². The van der Waals surface area contributed by atoms with Crippen LogP contribution in [0.3, 0.4) is 0 Å². The van der Waals surface area contributed by atoms with Gasteiger partial charge in [-0.15, -0.1) is 0 Å². The molecule has 0 spiro atoms. The van der Waals surface area contributed by atoms with Crippen LogP contribution in [0.4, 0.5) is 5.82 Å². The van der Waals surface area contributed by atoms with Gasteiger partial charge in [-0.2, -0.15) is 0 Å². The van der Waals surface area contributed by atoms with E-state index in [-0.39, 0.29) is 12.4 Å². The normalized spacial score (nSPS) is 24.5. The first-order chi connectivity index (χ1) is 13.0. The molecule has 0 saturated carbocycles. The Kier molecular flexibility index (Phi) is 5.74. The van der Waals surface area contributed by atoms with Crippen molar-refractivity contribution in [2.75, 3.05) is 19.5 Å². The third kappa shape index (κ3) is 4.33. The Morgan fingerprint density at radius 2 is 2.00 bits per heavy atom. The number of rotatable bonds is 7. The lowest BCUT2D eigenvalue weighted by Gasteiger charge is -2.29. The predicted molar refractivity (Wildman–Crippen MR) is 96.8 cm³/mol. The minimum Gasteiger partial charge on any atom is -0.382 e. The second-order valence-corrected chi connectivity index (χ2v) is 8.28. The van der Waals surface area contributed by atoms with Gasteiger partial charge in [-0.05, 0) is 13.8 Å². The first kappa shape index (κ1) is 21.1.